The van der Waals surface area contributed by atoms with E-state index in [1.165, 1.54) is 16.2 Å². The van der Waals surface area contributed by atoms with Gasteiger partial charge in [0.05, 0.1) is 31.0 Å². The number of anilines is 1. The number of nitrogens with zero attached hydrogens (tertiary/aromatic N) is 4. The van der Waals surface area contributed by atoms with E-state index >= 15 is 0 Å². The summed E-state index contributed by atoms with van der Waals surface area (Å²) in [4.78, 5) is 68.7. The molecule has 2 unspecified atom stereocenters. The maximum Gasteiger partial charge on any atom is 0.408 e. The van der Waals surface area contributed by atoms with E-state index in [4.69, 9.17) is 28.9 Å². The summed E-state index contributed by atoms with van der Waals surface area (Å²) in [7, 11) is 0. The maximum absolute atomic E-state index is 14.8. The summed E-state index contributed by atoms with van der Waals surface area (Å²) in [6.45, 7) is 20.2. The Hall–Kier alpha value is -4.74. The number of carboxylic acids is 1. The van der Waals surface area contributed by atoms with E-state index in [0.29, 0.717) is 78.3 Å². The number of pyridine rings is 1. The van der Waals surface area contributed by atoms with Gasteiger partial charge in [0, 0.05) is 55.0 Å². The van der Waals surface area contributed by atoms with Crippen molar-refractivity contribution in [3.63, 3.8) is 0 Å². The molecule has 4 N–H and O–H groups in total. The first-order valence-corrected chi connectivity index (χ1v) is 23.4. The van der Waals surface area contributed by atoms with Gasteiger partial charge in [-0.1, -0.05) is 48.0 Å². The number of nitrogens with one attached hydrogen (secondary N) is 3. The average molecular weight is 892 g/mol. The van der Waals surface area contributed by atoms with E-state index in [1.807, 2.05) is 71.2 Å². The Morgan fingerprint density at radius 1 is 1.02 bits per heavy atom. The standard InChI is InChI=1S/C46H65N7O9S/c1-9-29-23-46(29,42(56)57)51-40(54)37-21-32(24-53(37)41(55)39(45(6,7)8)50-44(58)62-31-18-27(4)28(5)19-31)61-38-22-35(36-25-63-43(49-36)47-26(2)3)48-34-20-30(10-11-33(34)38)60-17-14-52-12-15-59-16-13-52/h10-11,20,22,25-29,31-32,37,39H,9,12-19,21,23-24H2,1-8H3,(H,47,49)(H,50,58)(H,51,54)(H,56,57)/t27-,28?,29+,31?,32+,37-,39+,46+/m0/s1. The topological polar surface area (TPSA) is 194 Å². The minimum absolute atomic E-state index is 0.00377. The van der Waals surface area contributed by atoms with Crippen molar-refractivity contribution in [1.82, 2.24) is 30.4 Å². The number of carboxylic acid groups (broad SMARTS) is 1. The van der Waals surface area contributed by atoms with Crippen molar-refractivity contribution in [3.8, 4) is 22.9 Å². The second kappa shape index (κ2) is 19.2. The Balaban J connectivity index is 1.18. The molecule has 4 fully saturated rings. The Kier molecular flexibility index (Phi) is 14.1. The lowest BCUT2D eigenvalue weighted by molar-refractivity contribution is -0.146. The van der Waals surface area contributed by atoms with Crippen LogP contribution >= 0.6 is 11.3 Å². The van der Waals surface area contributed by atoms with Crippen molar-refractivity contribution in [2.75, 3.05) is 51.3 Å². The summed E-state index contributed by atoms with van der Waals surface area (Å²) in [6.07, 6.45) is 0.796. The summed E-state index contributed by atoms with van der Waals surface area (Å²) >= 11 is 1.47. The van der Waals surface area contributed by atoms with Crippen LogP contribution in [0, 0.1) is 23.2 Å². The first-order valence-electron chi connectivity index (χ1n) is 22.5. The van der Waals surface area contributed by atoms with Gasteiger partial charge in [0.25, 0.3) is 0 Å². The van der Waals surface area contributed by atoms with Crippen LogP contribution in [0.2, 0.25) is 0 Å². The number of carbonyl (C=O) groups excluding carboxylic acids is 3. The van der Waals surface area contributed by atoms with E-state index in [1.54, 1.807) is 0 Å². The van der Waals surface area contributed by atoms with Gasteiger partial charge in [-0.25, -0.2) is 19.6 Å². The number of rotatable bonds is 16. The normalized spacial score (nSPS) is 26.7. The fourth-order valence-corrected chi connectivity index (χ4v) is 9.92. The minimum Gasteiger partial charge on any atom is -0.492 e. The summed E-state index contributed by atoms with van der Waals surface area (Å²) in [5.74, 6) is -0.458. The number of benzene rings is 1. The quantitative estimate of drug-likeness (QED) is 0.128. The molecule has 2 aliphatic carbocycles. The van der Waals surface area contributed by atoms with Crippen LogP contribution in [0.15, 0.2) is 29.6 Å². The van der Waals surface area contributed by atoms with E-state index < -0.39 is 53.0 Å². The number of fused-ring (bicyclic) bond motifs is 1. The van der Waals surface area contributed by atoms with Crippen LogP contribution < -0.4 is 25.4 Å². The molecule has 2 saturated heterocycles. The summed E-state index contributed by atoms with van der Waals surface area (Å²) in [5.41, 5.74) is -0.360. The van der Waals surface area contributed by atoms with Crippen LogP contribution in [0.25, 0.3) is 22.3 Å². The van der Waals surface area contributed by atoms with Gasteiger partial charge >= 0.3 is 12.1 Å². The van der Waals surface area contributed by atoms with Gasteiger partial charge in [-0.15, -0.1) is 11.3 Å². The van der Waals surface area contributed by atoms with Crippen LogP contribution in [0.3, 0.4) is 0 Å². The number of hydrogen-bond donors (Lipinski definition) is 4. The Bertz CT molecular complexity index is 2130. The van der Waals surface area contributed by atoms with Crippen LogP contribution in [-0.2, 0) is 23.9 Å². The molecule has 63 heavy (non-hydrogen) atoms. The number of amides is 3. The fourth-order valence-electron chi connectivity index (χ4n) is 9.07. The monoisotopic (exact) mass is 891 g/mol. The van der Waals surface area contributed by atoms with Crippen molar-refractivity contribution in [1.29, 1.82) is 0 Å². The van der Waals surface area contributed by atoms with Crippen molar-refractivity contribution in [2.45, 2.75) is 123 Å². The lowest BCUT2D eigenvalue weighted by atomic mass is 9.85. The molecule has 4 aliphatic rings. The highest BCUT2D eigenvalue weighted by molar-refractivity contribution is 7.14. The Morgan fingerprint density at radius 2 is 1.75 bits per heavy atom. The molecule has 7 rings (SSSR count). The zero-order chi connectivity index (χ0) is 45.2. The highest BCUT2D eigenvalue weighted by Crippen LogP contribution is 2.46. The lowest BCUT2D eigenvalue weighted by Crippen LogP contribution is -2.59. The summed E-state index contributed by atoms with van der Waals surface area (Å²) in [5, 5.41) is 22.7. The largest absolute Gasteiger partial charge is 0.492 e. The molecule has 16 nitrogen and oxygen atoms in total. The number of carbonyl (C=O) groups is 4. The number of alkyl carbamates (subject to hydrolysis) is 1. The third kappa shape index (κ3) is 10.8. The van der Waals surface area contributed by atoms with Crippen molar-refractivity contribution >= 4 is 51.2 Å². The van der Waals surface area contributed by atoms with E-state index in [9.17, 15) is 24.3 Å². The predicted molar refractivity (Wildman–Crippen MR) is 240 cm³/mol. The molecule has 0 bridgehead atoms. The summed E-state index contributed by atoms with van der Waals surface area (Å²) < 4.78 is 24.4. The number of aliphatic carboxylic acids is 1. The molecule has 2 saturated carbocycles. The fraction of sp³-hybridized carbons (Fsp3) is 0.652. The third-order valence-corrected chi connectivity index (χ3v) is 13.8. The van der Waals surface area contributed by atoms with Gasteiger partial charge in [-0.2, -0.15) is 0 Å². The molecule has 17 heteroatoms. The second-order valence-electron chi connectivity index (χ2n) is 19.3. The molecule has 3 amide bonds. The van der Waals surface area contributed by atoms with Gasteiger partial charge < -0.3 is 44.9 Å². The third-order valence-electron chi connectivity index (χ3n) is 13.1. The van der Waals surface area contributed by atoms with Crippen molar-refractivity contribution < 1.29 is 43.2 Å². The van der Waals surface area contributed by atoms with Crippen LogP contribution in [0.5, 0.6) is 11.5 Å². The molecule has 344 valence electrons. The second-order valence-corrected chi connectivity index (χ2v) is 20.1. The summed E-state index contributed by atoms with van der Waals surface area (Å²) in [6, 6.07) is 5.50. The van der Waals surface area contributed by atoms with Gasteiger partial charge in [0.15, 0.2) is 5.13 Å². The van der Waals surface area contributed by atoms with Gasteiger partial charge in [0.1, 0.15) is 53.6 Å². The van der Waals surface area contributed by atoms with E-state index in [-0.39, 0.29) is 31.0 Å². The maximum atomic E-state index is 14.8. The molecule has 0 radical (unpaired) electrons. The molecular formula is C46H65N7O9S. The molecular weight excluding hydrogens is 827 g/mol. The lowest BCUT2D eigenvalue weighted by Gasteiger charge is -2.35. The SMILES string of the molecule is CC[C@@H]1C[C@]1(NC(=O)[C@@H]1C[C@@H](Oc2cc(-c3csc(NC(C)C)n3)nc3cc(OCCN4CCOCC4)ccc23)CN1C(=O)[C@@H](NC(=O)OC1CC(C)[C@@H](C)C1)C(C)(C)C)C(=O)O. The number of ether oxygens (including phenoxy) is 4. The Labute approximate surface area is 374 Å². The highest BCUT2D eigenvalue weighted by Gasteiger charge is 2.61. The molecule has 2 aliphatic heterocycles. The minimum atomic E-state index is -1.41. The van der Waals surface area contributed by atoms with Gasteiger partial charge in [-0.3, -0.25) is 14.5 Å². The molecule has 2 aromatic heterocycles. The number of likely N-dealkylation sites (tertiary alicyclic amines) is 1. The number of morpholine rings is 1. The van der Waals surface area contributed by atoms with Crippen LogP contribution in [0.1, 0.15) is 87.5 Å². The Morgan fingerprint density at radius 3 is 2.40 bits per heavy atom. The molecule has 0 spiro atoms. The van der Waals surface area contributed by atoms with E-state index in [0.717, 1.165) is 37.6 Å². The van der Waals surface area contributed by atoms with Gasteiger partial charge in [-0.05, 0) is 68.4 Å². The van der Waals surface area contributed by atoms with Gasteiger partial charge in [0.2, 0.25) is 11.8 Å². The number of hydrogen-bond acceptors (Lipinski definition) is 13. The van der Waals surface area contributed by atoms with E-state index in [2.05, 4.69) is 34.7 Å². The highest BCUT2D eigenvalue weighted by atomic mass is 32.1. The van der Waals surface area contributed by atoms with Crippen molar-refractivity contribution in [3.05, 3.63) is 29.6 Å². The smallest absolute Gasteiger partial charge is 0.408 e. The molecule has 1 aromatic carbocycles. The first kappa shape index (κ1) is 46.3. The van der Waals surface area contributed by atoms with Crippen LogP contribution in [-0.4, -0.2) is 131 Å². The number of aromatic nitrogens is 2. The number of thiazole rings is 1. The molecule has 4 heterocycles. The average Bonchev–Trinajstić information content (AvgIpc) is 3.46. The molecule has 8 atom stereocenters. The zero-order valence-electron chi connectivity index (χ0n) is 37.9. The first-order chi connectivity index (χ1) is 29.9. The zero-order valence-corrected chi connectivity index (χ0v) is 38.7. The van der Waals surface area contributed by atoms with Crippen molar-refractivity contribution in [2.24, 2.45) is 23.2 Å². The van der Waals surface area contributed by atoms with Crippen LogP contribution in [0.4, 0.5) is 9.93 Å². The predicted octanol–water partition coefficient (Wildman–Crippen LogP) is 6.18. The molecule has 3 aromatic rings.